The number of rotatable bonds is 7. The van der Waals surface area contributed by atoms with Crippen molar-refractivity contribution in [2.24, 2.45) is 0 Å². The number of carbonyl (C=O) groups excluding carboxylic acids is 1. The number of nitrogen functional groups attached to an aromatic ring is 1. The fourth-order valence-electron chi connectivity index (χ4n) is 2.87. The molecule has 0 atom stereocenters. The monoisotopic (exact) mass is 345 g/mol. The van der Waals surface area contributed by atoms with E-state index in [0.717, 1.165) is 5.69 Å². The Kier molecular flexibility index (Phi) is 6.01. The van der Waals surface area contributed by atoms with Crippen LogP contribution in [0.2, 0.25) is 0 Å². The summed E-state index contributed by atoms with van der Waals surface area (Å²) in [6.45, 7) is 1.72. The zero-order valence-corrected chi connectivity index (χ0v) is 14.6. The maximum absolute atomic E-state index is 12.5. The van der Waals surface area contributed by atoms with Gasteiger partial charge in [-0.1, -0.05) is 66.7 Å². The van der Waals surface area contributed by atoms with Gasteiger partial charge in [0.2, 0.25) is 5.91 Å². The molecular formula is C22H23N3O. The molecule has 132 valence electrons. The van der Waals surface area contributed by atoms with Crippen LogP contribution in [0.1, 0.15) is 11.1 Å². The van der Waals surface area contributed by atoms with Crippen LogP contribution >= 0.6 is 0 Å². The summed E-state index contributed by atoms with van der Waals surface area (Å²) in [5.41, 5.74) is 9.49. The average molecular weight is 345 g/mol. The van der Waals surface area contributed by atoms with Crippen LogP contribution in [0.15, 0.2) is 84.9 Å². The van der Waals surface area contributed by atoms with Crippen molar-refractivity contribution in [3.8, 4) is 0 Å². The van der Waals surface area contributed by atoms with Crippen molar-refractivity contribution in [1.29, 1.82) is 0 Å². The summed E-state index contributed by atoms with van der Waals surface area (Å²) in [5.74, 6) is -0.0533. The van der Waals surface area contributed by atoms with E-state index >= 15 is 0 Å². The van der Waals surface area contributed by atoms with Crippen LogP contribution in [0.4, 0.5) is 11.4 Å². The van der Waals surface area contributed by atoms with Crippen LogP contribution in [-0.2, 0) is 17.9 Å². The second-order valence-corrected chi connectivity index (χ2v) is 6.29. The first-order valence-corrected chi connectivity index (χ1v) is 8.64. The fourth-order valence-corrected chi connectivity index (χ4v) is 2.87. The smallest absolute Gasteiger partial charge is 0.238 e. The van der Waals surface area contributed by atoms with E-state index in [9.17, 15) is 4.79 Å². The summed E-state index contributed by atoms with van der Waals surface area (Å²) in [5, 5.41) is 2.92. The van der Waals surface area contributed by atoms with Crippen molar-refractivity contribution in [3.05, 3.63) is 96.1 Å². The van der Waals surface area contributed by atoms with E-state index in [0.29, 0.717) is 25.3 Å². The van der Waals surface area contributed by atoms with Gasteiger partial charge in [0.15, 0.2) is 0 Å². The molecular weight excluding hydrogens is 322 g/mol. The summed E-state index contributed by atoms with van der Waals surface area (Å²) in [6.07, 6.45) is 0. The lowest BCUT2D eigenvalue weighted by Gasteiger charge is -2.22. The van der Waals surface area contributed by atoms with Gasteiger partial charge in [-0.2, -0.15) is 0 Å². The number of hydrogen-bond donors (Lipinski definition) is 2. The first-order valence-electron chi connectivity index (χ1n) is 8.64. The molecule has 1 amide bonds. The number of hydrogen-bond acceptors (Lipinski definition) is 3. The highest BCUT2D eigenvalue weighted by Gasteiger charge is 2.12. The quantitative estimate of drug-likeness (QED) is 0.638. The number of nitrogens with zero attached hydrogens (tertiary/aromatic N) is 1. The Hall–Kier alpha value is -3.11. The van der Waals surface area contributed by atoms with Crippen molar-refractivity contribution >= 4 is 17.3 Å². The first-order chi connectivity index (χ1) is 12.7. The molecule has 0 aliphatic rings. The molecule has 26 heavy (non-hydrogen) atoms. The largest absolute Gasteiger partial charge is 0.399 e. The maximum Gasteiger partial charge on any atom is 0.238 e. The van der Waals surface area contributed by atoms with Gasteiger partial charge < -0.3 is 11.1 Å². The highest BCUT2D eigenvalue weighted by molar-refractivity contribution is 5.92. The summed E-state index contributed by atoms with van der Waals surface area (Å²) in [6, 6.07) is 27.6. The minimum Gasteiger partial charge on any atom is -0.399 e. The van der Waals surface area contributed by atoms with Crippen LogP contribution < -0.4 is 11.1 Å². The Morgan fingerprint density at radius 1 is 0.808 bits per heavy atom. The van der Waals surface area contributed by atoms with E-state index in [1.54, 1.807) is 12.1 Å². The summed E-state index contributed by atoms with van der Waals surface area (Å²) in [4.78, 5) is 14.7. The third-order valence-corrected chi connectivity index (χ3v) is 4.04. The predicted molar refractivity (Wildman–Crippen MR) is 106 cm³/mol. The van der Waals surface area contributed by atoms with Crippen LogP contribution in [0.3, 0.4) is 0 Å². The molecule has 0 aromatic heterocycles. The van der Waals surface area contributed by atoms with Crippen molar-refractivity contribution in [1.82, 2.24) is 4.90 Å². The molecule has 0 fully saturated rings. The van der Waals surface area contributed by atoms with Gasteiger partial charge in [0.25, 0.3) is 0 Å². The van der Waals surface area contributed by atoms with Crippen molar-refractivity contribution < 1.29 is 4.79 Å². The van der Waals surface area contributed by atoms with Gasteiger partial charge in [-0.15, -0.1) is 0 Å². The van der Waals surface area contributed by atoms with Crippen LogP contribution in [0, 0.1) is 0 Å². The Labute approximate surface area is 154 Å². The fraction of sp³-hybridized carbons (Fsp3) is 0.136. The number of nitrogens with one attached hydrogen (secondary N) is 1. The zero-order valence-electron chi connectivity index (χ0n) is 14.6. The molecule has 0 bridgehead atoms. The van der Waals surface area contributed by atoms with Gasteiger partial charge in [-0.25, -0.2) is 0 Å². The van der Waals surface area contributed by atoms with Crippen LogP contribution in [0.25, 0.3) is 0 Å². The number of benzene rings is 3. The number of amides is 1. The van der Waals surface area contributed by atoms with Gasteiger partial charge in [0.1, 0.15) is 0 Å². The van der Waals surface area contributed by atoms with Crippen molar-refractivity contribution in [2.45, 2.75) is 13.1 Å². The molecule has 3 N–H and O–H groups in total. The SMILES string of the molecule is Nc1cccc(NC(=O)CN(Cc2ccccc2)Cc2ccccc2)c1. The number of nitrogens with two attached hydrogens (primary N) is 1. The normalized spacial score (nSPS) is 10.7. The van der Waals surface area contributed by atoms with E-state index < -0.39 is 0 Å². The molecule has 0 heterocycles. The molecule has 4 nitrogen and oxygen atoms in total. The lowest BCUT2D eigenvalue weighted by atomic mass is 10.1. The van der Waals surface area contributed by atoms with E-state index in [4.69, 9.17) is 5.73 Å². The van der Waals surface area contributed by atoms with Crippen LogP contribution in [-0.4, -0.2) is 17.4 Å². The van der Waals surface area contributed by atoms with Gasteiger partial charge in [0.05, 0.1) is 6.54 Å². The Balaban J connectivity index is 1.68. The molecule has 0 saturated carbocycles. The molecule has 0 spiro atoms. The standard InChI is InChI=1S/C22H23N3O/c23-20-12-7-13-21(14-20)24-22(26)17-25(15-18-8-3-1-4-9-18)16-19-10-5-2-6-11-19/h1-14H,15-17,23H2,(H,24,26). The van der Waals surface area contributed by atoms with Gasteiger partial charge in [-0.05, 0) is 29.3 Å². The third-order valence-electron chi connectivity index (χ3n) is 4.04. The highest BCUT2D eigenvalue weighted by atomic mass is 16.2. The minimum atomic E-state index is -0.0533. The maximum atomic E-state index is 12.5. The van der Waals surface area contributed by atoms with E-state index in [-0.39, 0.29) is 5.91 Å². The molecule has 3 aromatic rings. The molecule has 4 heteroatoms. The molecule has 0 saturated heterocycles. The van der Waals surface area contributed by atoms with Gasteiger partial charge >= 0.3 is 0 Å². The Morgan fingerprint density at radius 3 is 1.92 bits per heavy atom. The Bertz CT molecular complexity index is 793. The van der Waals surface area contributed by atoms with Gasteiger partial charge in [-0.3, -0.25) is 9.69 Å². The first kappa shape index (κ1) is 17.7. The van der Waals surface area contributed by atoms with Crippen molar-refractivity contribution in [2.75, 3.05) is 17.6 Å². The van der Waals surface area contributed by atoms with E-state index in [1.165, 1.54) is 11.1 Å². The van der Waals surface area contributed by atoms with Crippen molar-refractivity contribution in [3.63, 3.8) is 0 Å². The summed E-state index contributed by atoms with van der Waals surface area (Å²) in [7, 11) is 0. The number of carbonyl (C=O) groups is 1. The van der Waals surface area contributed by atoms with E-state index in [2.05, 4.69) is 34.5 Å². The molecule has 3 aromatic carbocycles. The predicted octanol–water partition coefficient (Wildman–Crippen LogP) is 3.91. The zero-order chi connectivity index (χ0) is 18.2. The molecule has 0 aliphatic carbocycles. The molecule has 0 radical (unpaired) electrons. The second kappa shape index (κ2) is 8.83. The molecule has 0 aliphatic heterocycles. The minimum absolute atomic E-state index is 0.0533. The van der Waals surface area contributed by atoms with Crippen LogP contribution in [0.5, 0.6) is 0 Å². The topological polar surface area (TPSA) is 58.4 Å². The van der Waals surface area contributed by atoms with E-state index in [1.807, 2.05) is 48.5 Å². The average Bonchev–Trinajstić information content (AvgIpc) is 2.63. The second-order valence-electron chi connectivity index (χ2n) is 6.29. The summed E-state index contributed by atoms with van der Waals surface area (Å²) >= 11 is 0. The highest BCUT2D eigenvalue weighted by Crippen LogP contribution is 2.13. The van der Waals surface area contributed by atoms with Gasteiger partial charge in [0, 0.05) is 24.5 Å². The lowest BCUT2D eigenvalue weighted by Crippen LogP contribution is -2.32. The summed E-state index contributed by atoms with van der Waals surface area (Å²) < 4.78 is 0. The third kappa shape index (κ3) is 5.46. The molecule has 0 unspecified atom stereocenters. The Morgan fingerprint density at radius 2 is 1.38 bits per heavy atom. The lowest BCUT2D eigenvalue weighted by molar-refractivity contribution is -0.117. The number of anilines is 2. The molecule has 3 rings (SSSR count).